The van der Waals surface area contributed by atoms with Crippen LogP contribution < -0.4 is 4.74 Å². The van der Waals surface area contributed by atoms with Crippen molar-refractivity contribution in [1.82, 2.24) is 19.6 Å². The van der Waals surface area contributed by atoms with Crippen molar-refractivity contribution in [1.29, 1.82) is 0 Å². The molecule has 4 heterocycles. The van der Waals surface area contributed by atoms with Crippen LogP contribution in [0.2, 0.25) is 0 Å². The standard InChI is InChI=1S/C25H21F3N4O5S/c1-30-10-16(9-29-30)14-2-3-17-15(8-14)4-6-24(17)22(34)32(23(35)37-24)12-21(33)31-11-19-18(5-7-38-19)36-13-20(31)25(26,27)28/h2-3,5,7-10,20H,4,6,11-13H2,1H3/t20-,24+/m0/s1. The van der Waals surface area contributed by atoms with Gasteiger partial charge < -0.3 is 14.4 Å². The van der Waals surface area contributed by atoms with Gasteiger partial charge in [-0.05, 0) is 29.0 Å². The fourth-order valence-electron chi connectivity index (χ4n) is 5.26. The lowest BCUT2D eigenvalue weighted by Crippen LogP contribution is -2.53. The molecule has 1 aliphatic carbocycles. The maximum Gasteiger partial charge on any atom is 0.418 e. The summed E-state index contributed by atoms with van der Waals surface area (Å²) in [6, 6.07) is 4.73. The Morgan fingerprint density at radius 2 is 2.05 bits per heavy atom. The van der Waals surface area contributed by atoms with E-state index < -0.39 is 48.9 Å². The second-order valence-electron chi connectivity index (χ2n) is 9.46. The molecule has 1 saturated heterocycles. The highest BCUT2D eigenvalue weighted by Gasteiger charge is 2.59. The molecule has 6 rings (SSSR count). The molecule has 1 aromatic carbocycles. The first kappa shape index (κ1) is 24.5. The van der Waals surface area contributed by atoms with Crippen molar-refractivity contribution in [2.24, 2.45) is 7.05 Å². The minimum atomic E-state index is -4.77. The fourth-order valence-corrected chi connectivity index (χ4v) is 6.07. The van der Waals surface area contributed by atoms with Gasteiger partial charge in [-0.3, -0.25) is 14.3 Å². The van der Waals surface area contributed by atoms with E-state index in [1.807, 2.05) is 12.3 Å². The van der Waals surface area contributed by atoms with Gasteiger partial charge in [0, 0.05) is 30.8 Å². The van der Waals surface area contributed by atoms with E-state index in [2.05, 4.69) is 5.10 Å². The highest BCUT2D eigenvalue weighted by atomic mass is 32.1. The number of aromatic nitrogens is 2. The molecule has 3 aliphatic rings. The number of rotatable bonds is 3. The molecule has 0 bridgehead atoms. The third kappa shape index (κ3) is 3.83. The number of fused-ring (bicyclic) bond motifs is 3. The van der Waals surface area contributed by atoms with E-state index in [-0.39, 0.29) is 18.7 Å². The summed E-state index contributed by atoms with van der Waals surface area (Å²) in [5.41, 5.74) is 1.48. The van der Waals surface area contributed by atoms with Crippen LogP contribution in [0.5, 0.6) is 5.75 Å². The predicted octanol–water partition coefficient (Wildman–Crippen LogP) is 3.62. The number of alkyl halides is 3. The number of nitrogens with zero attached hydrogens (tertiary/aromatic N) is 4. The van der Waals surface area contributed by atoms with Crippen LogP contribution in [-0.4, -0.2) is 62.9 Å². The predicted molar refractivity (Wildman–Crippen MR) is 127 cm³/mol. The highest BCUT2D eigenvalue weighted by molar-refractivity contribution is 7.10. The van der Waals surface area contributed by atoms with Gasteiger partial charge in [-0.1, -0.05) is 18.2 Å². The van der Waals surface area contributed by atoms with Crippen LogP contribution in [0.4, 0.5) is 18.0 Å². The number of carbonyl (C=O) groups is 3. The zero-order valence-corrected chi connectivity index (χ0v) is 20.8. The van der Waals surface area contributed by atoms with E-state index in [0.29, 0.717) is 26.7 Å². The summed E-state index contributed by atoms with van der Waals surface area (Å²) < 4.78 is 54.1. The van der Waals surface area contributed by atoms with Crippen molar-refractivity contribution in [2.75, 3.05) is 13.2 Å². The molecule has 9 nitrogen and oxygen atoms in total. The number of aryl methyl sites for hydroxylation is 2. The Morgan fingerprint density at radius 1 is 1.24 bits per heavy atom. The number of ether oxygens (including phenoxy) is 2. The Bertz CT molecular complexity index is 1470. The number of imide groups is 1. The van der Waals surface area contributed by atoms with Gasteiger partial charge in [0.25, 0.3) is 5.91 Å². The minimum Gasteiger partial charge on any atom is -0.490 e. The molecule has 0 unspecified atom stereocenters. The van der Waals surface area contributed by atoms with Gasteiger partial charge in [0.1, 0.15) is 18.9 Å². The van der Waals surface area contributed by atoms with Crippen molar-refractivity contribution >= 4 is 29.2 Å². The van der Waals surface area contributed by atoms with Gasteiger partial charge >= 0.3 is 12.3 Å². The van der Waals surface area contributed by atoms with Gasteiger partial charge in [0.15, 0.2) is 6.04 Å². The van der Waals surface area contributed by atoms with Crippen molar-refractivity contribution in [3.63, 3.8) is 0 Å². The summed E-state index contributed by atoms with van der Waals surface area (Å²) in [7, 11) is 1.80. The molecule has 3 aromatic rings. The van der Waals surface area contributed by atoms with Gasteiger partial charge in [-0.15, -0.1) is 11.3 Å². The molecule has 2 atom stereocenters. The van der Waals surface area contributed by atoms with Crippen molar-refractivity contribution in [3.05, 3.63) is 58.0 Å². The quantitative estimate of drug-likeness (QED) is 0.498. The molecule has 2 aromatic heterocycles. The zero-order valence-electron chi connectivity index (χ0n) is 20.0. The smallest absolute Gasteiger partial charge is 0.418 e. The third-order valence-electron chi connectivity index (χ3n) is 7.18. The Hall–Kier alpha value is -3.87. The number of thiophene rings is 1. The second kappa shape index (κ2) is 8.58. The lowest BCUT2D eigenvalue weighted by molar-refractivity contribution is -0.195. The number of halogens is 3. The Morgan fingerprint density at radius 3 is 2.79 bits per heavy atom. The topological polar surface area (TPSA) is 94.0 Å². The van der Waals surface area contributed by atoms with Crippen LogP contribution in [0.3, 0.4) is 0 Å². The SMILES string of the molecule is Cn1cc(-c2ccc3c(c2)CC[C@@]32OC(=O)N(CC(=O)N3Cc4sccc4OC[C@H]3C(F)(F)F)C2=O)cn1. The molecule has 0 radical (unpaired) electrons. The summed E-state index contributed by atoms with van der Waals surface area (Å²) in [5.74, 6) is -1.50. The highest BCUT2D eigenvalue weighted by Crippen LogP contribution is 2.46. The third-order valence-corrected chi connectivity index (χ3v) is 8.07. The second-order valence-corrected chi connectivity index (χ2v) is 10.5. The zero-order chi connectivity index (χ0) is 26.8. The largest absolute Gasteiger partial charge is 0.490 e. The molecular weight excluding hydrogens is 525 g/mol. The van der Waals surface area contributed by atoms with Gasteiger partial charge in [0.2, 0.25) is 11.5 Å². The molecule has 3 amide bonds. The first-order valence-corrected chi connectivity index (χ1v) is 12.7. The Kier molecular flexibility index (Phi) is 5.53. The Balaban J connectivity index is 1.26. The van der Waals surface area contributed by atoms with Crippen molar-refractivity contribution in [3.8, 4) is 16.9 Å². The fraction of sp³-hybridized carbons (Fsp3) is 0.360. The lowest BCUT2D eigenvalue weighted by Gasteiger charge is -2.31. The average Bonchev–Trinajstić information content (AvgIpc) is 3.61. The Labute approximate surface area is 218 Å². The minimum absolute atomic E-state index is 0.176. The summed E-state index contributed by atoms with van der Waals surface area (Å²) in [6.45, 7) is -2.00. The van der Waals surface area contributed by atoms with E-state index in [4.69, 9.17) is 9.47 Å². The number of benzene rings is 1. The van der Waals surface area contributed by atoms with E-state index in [1.165, 1.54) is 0 Å². The maximum absolute atomic E-state index is 13.8. The lowest BCUT2D eigenvalue weighted by atomic mass is 9.93. The number of amides is 3. The molecule has 2 aliphatic heterocycles. The normalized spacial score (nSPS) is 22.8. The van der Waals surface area contributed by atoms with Crippen LogP contribution >= 0.6 is 11.3 Å². The molecule has 198 valence electrons. The number of hydrogen-bond acceptors (Lipinski definition) is 7. The molecule has 0 saturated carbocycles. The van der Waals surface area contributed by atoms with Crippen LogP contribution in [-0.2, 0) is 39.9 Å². The van der Waals surface area contributed by atoms with Gasteiger partial charge in [0.05, 0.1) is 17.6 Å². The summed E-state index contributed by atoms with van der Waals surface area (Å²) >= 11 is 1.16. The average molecular weight is 547 g/mol. The molecule has 1 spiro atoms. The molecule has 38 heavy (non-hydrogen) atoms. The molecule has 13 heteroatoms. The van der Waals surface area contributed by atoms with Crippen LogP contribution in [0.15, 0.2) is 42.0 Å². The first-order chi connectivity index (χ1) is 18.1. The van der Waals surface area contributed by atoms with E-state index in [0.717, 1.165) is 28.0 Å². The van der Waals surface area contributed by atoms with Crippen LogP contribution in [0.25, 0.3) is 11.1 Å². The van der Waals surface area contributed by atoms with Crippen LogP contribution in [0.1, 0.15) is 22.4 Å². The maximum atomic E-state index is 13.8. The summed E-state index contributed by atoms with van der Waals surface area (Å²) in [5, 5.41) is 5.82. The van der Waals surface area contributed by atoms with Gasteiger partial charge in [-0.25, -0.2) is 9.69 Å². The number of carbonyl (C=O) groups excluding carboxylic acids is 3. The first-order valence-electron chi connectivity index (χ1n) is 11.8. The van der Waals surface area contributed by atoms with E-state index >= 15 is 0 Å². The van der Waals surface area contributed by atoms with Crippen molar-refractivity contribution in [2.45, 2.75) is 37.2 Å². The molecule has 1 fully saturated rings. The monoisotopic (exact) mass is 546 g/mol. The molecule has 0 N–H and O–H groups in total. The van der Waals surface area contributed by atoms with E-state index in [9.17, 15) is 27.6 Å². The van der Waals surface area contributed by atoms with E-state index in [1.54, 1.807) is 41.5 Å². The molecular formula is C25H21F3N4O5S. The number of hydrogen-bond donors (Lipinski definition) is 0. The summed E-state index contributed by atoms with van der Waals surface area (Å²) in [6.07, 6.45) is -1.64. The summed E-state index contributed by atoms with van der Waals surface area (Å²) in [4.78, 5) is 41.2. The van der Waals surface area contributed by atoms with Crippen molar-refractivity contribution < 1.29 is 37.0 Å². The van der Waals surface area contributed by atoms with Crippen LogP contribution in [0, 0.1) is 0 Å². The van der Waals surface area contributed by atoms with Gasteiger partial charge in [-0.2, -0.15) is 18.3 Å².